The number of unbranched alkanes of at least 4 members (excludes halogenated alkanes) is 21. The number of allylic oxidation sites excluding steroid dienone is 8. The molecular weight excluding hydrogens is 729 g/mol. The number of hydrogen-bond acceptors (Lipinski definition) is 5. The monoisotopic (exact) mass is 827 g/mol. The molecule has 1 saturated heterocycles. The zero-order valence-corrected chi connectivity index (χ0v) is 39.8. The average Bonchev–Trinajstić information content (AvgIpc) is 3.57. The van der Waals surface area contributed by atoms with Gasteiger partial charge in [-0.15, -0.1) is 0 Å². The fraction of sp³-hybridized carbons (Fsp3) is 0.830. The van der Waals surface area contributed by atoms with Gasteiger partial charge in [-0.05, 0) is 117 Å². The van der Waals surface area contributed by atoms with Gasteiger partial charge in [-0.2, -0.15) is 0 Å². The molecule has 0 aliphatic carbocycles. The Hall–Kier alpha value is -1.73. The Labute approximate surface area is 367 Å². The molecule has 6 heteroatoms. The maximum absolute atomic E-state index is 11.1. The van der Waals surface area contributed by atoms with E-state index in [1.807, 2.05) is 0 Å². The molecule has 1 heterocycles. The van der Waals surface area contributed by atoms with E-state index in [2.05, 4.69) is 86.8 Å². The summed E-state index contributed by atoms with van der Waals surface area (Å²) in [6.07, 6.45) is 57.7. The topological polar surface area (TPSA) is 60.0 Å². The molecular formula is C53H98N2O4. The van der Waals surface area contributed by atoms with Crippen molar-refractivity contribution >= 4 is 5.91 Å². The van der Waals surface area contributed by atoms with E-state index in [9.17, 15) is 4.79 Å². The van der Waals surface area contributed by atoms with Crippen LogP contribution in [0, 0.1) is 0 Å². The second kappa shape index (κ2) is 41.6. The number of carbonyl (C=O) groups is 1. The smallest absolute Gasteiger partial charge is 0.216 e. The number of nitrogens with zero attached hydrogens (tertiary/aromatic N) is 1. The molecule has 2 atom stereocenters. The molecule has 0 aromatic heterocycles. The van der Waals surface area contributed by atoms with Crippen LogP contribution in [0.2, 0.25) is 0 Å². The molecule has 0 aromatic carbocycles. The van der Waals surface area contributed by atoms with Gasteiger partial charge >= 0.3 is 0 Å². The third-order valence-corrected chi connectivity index (χ3v) is 11.7. The Morgan fingerprint density at radius 2 is 0.966 bits per heavy atom. The molecule has 59 heavy (non-hydrogen) atoms. The number of ether oxygens (including phenoxy) is 3. The Morgan fingerprint density at radius 3 is 1.44 bits per heavy atom. The van der Waals surface area contributed by atoms with Crippen LogP contribution >= 0.6 is 0 Å². The van der Waals surface area contributed by atoms with Crippen LogP contribution in [0.4, 0.5) is 0 Å². The summed E-state index contributed by atoms with van der Waals surface area (Å²) in [4.78, 5) is 13.4. The first-order valence-electron chi connectivity index (χ1n) is 25.3. The molecule has 1 fully saturated rings. The predicted octanol–water partition coefficient (Wildman–Crippen LogP) is 14.9. The minimum absolute atomic E-state index is 0.0578. The van der Waals surface area contributed by atoms with Crippen LogP contribution < -0.4 is 5.32 Å². The summed E-state index contributed by atoms with van der Waals surface area (Å²) in [5.74, 6) is -0.387. The van der Waals surface area contributed by atoms with Crippen molar-refractivity contribution in [2.24, 2.45) is 0 Å². The van der Waals surface area contributed by atoms with Gasteiger partial charge in [0.1, 0.15) is 0 Å². The number of nitrogens with one attached hydrogen (secondary N) is 1. The van der Waals surface area contributed by atoms with Gasteiger partial charge < -0.3 is 24.4 Å². The molecule has 1 aliphatic heterocycles. The molecule has 6 nitrogen and oxygen atoms in total. The van der Waals surface area contributed by atoms with Gasteiger partial charge in [0.2, 0.25) is 5.91 Å². The van der Waals surface area contributed by atoms with Crippen molar-refractivity contribution in [1.82, 2.24) is 10.2 Å². The van der Waals surface area contributed by atoms with E-state index >= 15 is 0 Å². The van der Waals surface area contributed by atoms with Crippen LogP contribution in [0.3, 0.4) is 0 Å². The lowest BCUT2D eigenvalue weighted by atomic mass is 9.98. The summed E-state index contributed by atoms with van der Waals surface area (Å²) in [5, 5.41) is 2.89. The van der Waals surface area contributed by atoms with Crippen molar-refractivity contribution in [3.05, 3.63) is 48.6 Å². The van der Waals surface area contributed by atoms with Crippen LogP contribution in [-0.2, 0) is 19.0 Å². The summed E-state index contributed by atoms with van der Waals surface area (Å²) in [6, 6.07) is 0. The van der Waals surface area contributed by atoms with Gasteiger partial charge in [-0.1, -0.05) is 152 Å². The Kier molecular flexibility index (Phi) is 39.0. The maximum atomic E-state index is 11.1. The highest BCUT2D eigenvalue weighted by molar-refractivity contribution is 5.72. The van der Waals surface area contributed by atoms with Gasteiger partial charge in [-0.3, -0.25) is 4.79 Å². The molecule has 0 aromatic rings. The van der Waals surface area contributed by atoms with Crippen molar-refractivity contribution in [2.45, 2.75) is 244 Å². The van der Waals surface area contributed by atoms with Crippen LogP contribution in [0.25, 0.3) is 0 Å². The highest BCUT2D eigenvalue weighted by Crippen LogP contribution is 2.40. The summed E-state index contributed by atoms with van der Waals surface area (Å²) in [6.45, 7) is 9.42. The third kappa shape index (κ3) is 35.6. The van der Waals surface area contributed by atoms with Gasteiger partial charge in [0.05, 0.1) is 12.2 Å². The molecule has 1 rings (SSSR count). The molecule has 344 valence electrons. The zero-order valence-electron chi connectivity index (χ0n) is 39.8. The minimum Gasteiger partial charge on any atom is -0.381 e. The Balaban J connectivity index is 2.53. The molecule has 0 bridgehead atoms. The van der Waals surface area contributed by atoms with Crippen LogP contribution in [-0.4, -0.2) is 69.2 Å². The number of rotatable bonds is 43. The third-order valence-electron chi connectivity index (χ3n) is 11.7. The normalized spacial score (nSPS) is 17.0. The average molecular weight is 827 g/mol. The summed E-state index contributed by atoms with van der Waals surface area (Å²) in [5.41, 5.74) is 0. The van der Waals surface area contributed by atoms with Crippen LogP contribution in [0.1, 0.15) is 226 Å². The van der Waals surface area contributed by atoms with E-state index in [0.29, 0.717) is 0 Å². The Bertz CT molecular complexity index is 989. The maximum Gasteiger partial charge on any atom is 0.216 e. The van der Waals surface area contributed by atoms with Crippen LogP contribution in [0.5, 0.6) is 0 Å². The highest BCUT2D eigenvalue weighted by Gasteiger charge is 2.46. The van der Waals surface area contributed by atoms with E-state index < -0.39 is 5.79 Å². The molecule has 0 spiro atoms. The van der Waals surface area contributed by atoms with Crippen molar-refractivity contribution in [3.8, 4) is 0 Å². The fourth-order valence-electron chi connectivity index (χ4n) is 7.98. The zero-order chi connectivity index (χ0) is 42.8. The summed E-state index contributed by atoms with van der Waals surface area (Å²) < 4.78 is 20.2. The first-order chi connectivity index (χ1) is 28.9. The summed E-state index contributed by atoms with van der Waals surface area (Å²) >= 11 is 0. The second-order valence-corrected chi connectivity index (χ2v) is 17.8. The van der Waals surface area contributed by atoms with E-state index in [1.54, 1.807) is 6.92 Å². The van der Waals surface area contributed by atoms with E-state index in [4.69, 9.17) is 14.2 Å². The van der Waals surface area contributed by atoms with Gasteiger partial charge in [0, 0.05) is 46.1 Å². The summed E-state index contributed by atoms with van der Waals surface area (Å²) in [7, 11) is 4.32. The number of carbonyl (C=O) groups excluding carboxylic acids is 1. The Morgan fingerprint density at radius 1 is 0.542 bits per heavy atom. The van der Waals surface area contributed by atoms with E-state index in [0.717, 1.165) is 90.5 Å². The van der Waals surface area contributed by atoms with Crippen molar-refractivity contribution in [1.29, 1.82) is 0 Å². The van der Waals surface area contributed by atoms with Crippen molar-refractivity contribution in [2.75, 3.05) is 40.4 Å². The van der Waals surface area contributed by atoms with Gasteiger partial charge in [0.25, 0.3) is 0 Å². The lowest BCUT2D eigenvalue weighted by Crippen LogP contribution is -2.31. The second-order valence-electron chi connectivity index (χ2n) is 17.8. The van der Waals surface area contributed by atoms with Crippen molar-refractivity contribution in [3.63, 3.8) is 0 Å². The molecule has 1 N–H and O–H groups in total. The van der Waals surface area contributed by atoms with E-state index in [-0.39, 0.29) is 18.1 Å². The first-order valence-corrected chi connectivity index (χ1v) is 25.3. The fourth-order valence-corrected chi connectivity index (χ4v) is 7.98. The lowest BCUT2D eigenvalue weighted by Gasteiger charge is -2.29. The molecule has 2 unspecified atom stereocenters. The van der Waals surface area contributed by atoms with Crippen LogP contribution in [0.15, 0.2) is 48.6 Å². The number of amides is 1. The largest absolute Gasteiger partial charge is 0.381 e. The highest BCUT2D eigenvalue weighted by atomic mass is 16.8. The molecule has 1 aliphatic rings. The SMILES string of the molecule is CCCCC/C=C\C/C=C\CCCCCCCCC1(CCCCCCCC/C=C\C/C=C\CCCCC)OC(CCOCCCCCCNC(C)=O)C(CCN(C)C)O1. The predicted molar refractivity (Wildman–Crippen MR) is 256 cm³/mol. The van der Waals surface area contributed by atoms with E-state index in [1.165, 1.54) is 141 Å². The lowest BCUT2D eigenvalue weighted by molar-refractivity contribution is -0.188. The number of hydrogen-bond donors (Lipinski definition) is 1. The quantitative estimate of drug-likeness (QED) is 0.0490. The van der Waals surface area contributed by atoms with Gasteiger partial charge in [0.15, 0.2) is 5.79 Å². The molecule has 1 amide bonds. The van der Waals surface area contributed by atoms with Gasteiger partial charge in [-0.25, -0.2) is 0 Å². The standard InChI is InChI=1S/C53H98N2O4/c1-6-8-10-12-14-16-18-20-22-24-26-28-30-32-34-38-44-53(45-39-35-33-31-29-27-25-23-21-19-17-15-13-11-9-7-2)58-51(42-47-55(4)5)52(59-53)43-49-57-48-41-37-36-40-46-54-50(3)56/h14-17,20-23,51-52H,6-13,18-19,24-49H2,1-5H3,(H,54,56)/b16-14-,17-15-,22-20-,23-21-. The molecule has 0 radical (unpaired) electrons. The molecule has 0 saturated carbocycles. The van der Waals surface area contributed by atoms with Crippen molar-refractivity contribution < 1.29 is 19.0 Å². The minimum atomic E-state index is -0.444. The first kappa shape index (κ1) is 55.3.